The Hall–Kier alpha value is -2.36. The average molecular weight is 369 g/mol. The molecule has 27 heavy (non-hydrogen) atoms. The third-order valence-corrected chi connectivity index (χ3v) is 5.34. The number of piperidine rings is 1. The summed E-state index contributed by atoms with van der Waals surface area (Å²) in [4.78, 5) is 22.1. The van der Waals surface area contributed by atoms with Gasteiger partial charge in [-0.1, -0.05) is 18.8 Å². The normalized spacial score (nSPS) is 17.4. The molecular formula is C21H27N3O3. The van der Waals surface area contributed by atoms with E-state index in [-0.39, 0.29) is 11.2 Å². The zero-order chi connectivity index (χ0) is 19.6. The highest BCUT2D eigenvalue weighted by Crippen LogP contribution is 2.34. The lowest BCUT2D eigenvalue weighted by Gasteiger charge is -2.40. The predicted octanol–water partition coefficient (Wildman–Crippen LogP) is 2.74. The molecule has 1 aliphatic heterocycles. The van der Waals surface area contributed by atoms with Gasteiger partial charge in [0.25, 0.3) is 5.56 Å². The third-order valence-electron chi connectivity index (χ3n) is 5.34. The highest BCUT2D eigenvalue weighted by molar-refractivity contribution is 5.94. The maximum atomic E-state index is 12.7. The number of pyridine rings is 2. The van der Waals surface area contributed by atoms with Crippen LogP contribution in [0.5, 0.6) is 0 Å². The first kappa shape index (κ1) is 19.4. The van der Waals surface area contributed by atoms with Crippen LogP contribution < -0.4 is 10.5 Å². The van der Waals surface area contributed by atoms with E-state index in [9.17, 15) is 9.90 Å². The molecule has 1 saturated heterocycles. The number of methoxy groups -OCH3 is 1. The lowest BCUT2D eigenvalue weighted by atomic mass is 9.92. The SMILES string of the molecule is CCC#Cc1c(N2CCC(C)(OC)CC2)c2cc(C(C)O)ncc2[nH]c1=O. The number of aliphatic hydroxyl groups excluding tert-OH is 1. The monoisotopic (exact) mass is 369 g/mol. The Morgan fingerprint density at radius 1 is 1.44 bits per heavy atom. The molecule has 3 rings (SSSR count). The van der Waals surface area contributed by atoms with Gasteiger partial charge in [-0.25, -0.2) is 0 Å². The number of anilines is 1. The second-order valence-corrected chi connectivity index (χ2v) is 7.30. The van der Waals surface area contributed by atoms with Crippen LogP contribution in [0, 0.1) is 11.8 Å². The molecule has 0 saturated carbocycles. The Morgan fingerprint density at radius 2 is 2.15 bits per heavy atom. The Labute approximate surface area is 159 Å². The highest BCUT2D eigenvalue weighted by Gasteiger charge is 2.31. The third kappa shape index (κ3) is 3.85. The van der Waals surface area contributed by atoms with Gasteiger partial charge in [0.1, 0.15) is 5.56 Å². The number of ether oxygens (including phenoxy) is 1. The van der Waals surface area contributed by atoms with E-state index in [1.807, 2.05) is 13.0 Å². The number of hydrogen-bond acceptors (Lipinski definition) is 5. The zero-order valence-corrected chi connectivity index (χ0v) is 16.4. The molecule has 3 heterocycles. The lowest BCUT2D eigenvalue weighted by Crippen LogP contribution is -2.44. The summed E-state index contributed by atoms with van der Waals surface area (Å²) in [5.74, 6) is 6.08. The van der Waals surface area contributed by atoms with Gasteiger partial charge in [0.15, 0.2) is 0 Å². The molecule has 1 unspecified atom stereocenters. The summed E-state index contributed by atoms with van der Waals surface area (Å²) in [5.41, 5.74) is 2.19. The van der Waals surface area contributed by atoms with E-state index in [1.54, 1.807) is 20.2 Å². The van der Waals surface area contributed by atoms with Gasteiger partial charge in [0.2, 0.25) is 0 Å². The van der Waals surface area contributed by atoms with Crippen molar-refractivity contribution in [3.63, 3.8) is 0 Å². The highest BCUT2D eigenvalue weighted by atomic mass is 16.5. The average Bonchev–Trinajstić information content (AvgIpc) is 2.66. The largest absolute Gasteiger partial charge is 0.387 e. The van der Waals surface area contributed by atoms with Gasteiger partial charge in [-0.15, -0.1) is 0 Å². The summed E-state index contributed by atoms with van der Waals surface area (Å²) in [7, 11) is 1.75. The van der Waals surface area contributed by atoms with Crippen LogP contribution in [-0.2, 0) is 4.74 Å². The summed E-state index contributed by atoms with van der Waals surface area (Å²) in [6.07, 6.45) is 3.34. The second kappa shape index (κ2) is 7.71. The summed E-state index contributed by atoms with van der Waals surface area (Å²) in [5, 5.41) is 10.8. The van der Waals surface area contributed by atoms with Gasteiger partial charge in [-0.05, 0) is 32.8 Å². The number of hydrogen-bond donors (Lipinski definition) is 2. The smallest absolute Gasteiger partial charge is 0.266 e. The van der Waals surface area contributed by atoms with Crippen LogP contribution >= 0.6 is 0 Å². The summed E-state index contributed by atoms with van der Waals surface area (Å²) < 4.78 is 5.65. The number of aromatic nitrogens is 2. The maximum absolute atomic E-state index is 12.7. The van der Waals surface area contributed by atoms with E-state index in [0.717, 1.165) is 37.0 Å². The Kier molecular flexibility index (Phi) is 5.54. The van der Waals surface area contributed by atoms with E-state index >= 15 is 0 Å². The van der Waals surface area contributed by atoms with Crippen molar-refractivity contribution in [2.45, 2.75) is 51.7 Å². The molecule has 1 aliphatic rings. The summed E-state index contributed by atoms with van der Waals surface area (Å²) in [6.45, 7) is 7.31. The molecule has 0 spiro atoms. The van der Waals surface area contributed by atoms with Crippen molar-refractivity contribution >= 4 is 16.6 Å². The minimum absolute atomic E-state index is 0.144. The van der Waals surface area contributed by atoms with Crippen LogP contribution in [0.15, 0.2) is 17.1 Å². The fourth-order valence-electron chi connectivity index (χ4n) is 3.45. The molecule has 1 fully saturated rings. The first-order valence-corrected chi connectivity index (χ1v) is 9.41. The Balaban J connectivity index is 2.19. The van der Waals surface area contributed by atoms with Crippen LogP contribution in [0.25, 0.3) is 10.9 Å². The Bertz CT molecular complexity index is 945. The number of nitrogens with zero attached hydrogens (tertiary/aromatic N) is 2. The summed E-state index contributed by atoms with van der Waals surface area (Å²) in [6, 6.07) is 1.85. The molecule has 2 aromatic heterocycles. The van der Waals surface area contributed by atoms with E-state index in [4.69, 9.17) is 4.74 Å². The van der Waals surface area contributed by atoms with E-state index in [2.05, 4.69) is 33.6 Å². The maximum Gasteiger partial charge on any atom is 0.266 e. The fraction of sp³-hybridized carbons (Fsp3) is 0.524. The quantitative estimate of drug-likeness (QED) is 0.814. The molecule has 2 aromatic rings. The number of nitrogens with one attached hydrogen (secondary N) is 1. The first-order chi connectivity index (χ1) is 12.9. The molecule has 144 valence electrons. The molecule has 1 atom stereocenters. The number of aliphatic hydroxyl groups is 1. The molecule has 0 aliphatic carbocycles. The Morgan fingerprint density at radius 3 is 2.74 bits per heavy atom. The topological polar surface area (TPSA) is 78.5 Å². The van der Waals surface area contributed by atoms with Crippen molar-refractivity contribution in [2.24, 2.45) is 0 Å². The zero-order valence-electron chi connectivity index (χ0n) is 16.4. The van der Waals surface area contributed by atoms with Gasteiger partial charge < -0.3 is 19.7 Å². The standard InChI is InChI=1S/C21H27N3O3/c1-5-6-7-15-19(24-10-8-21(3,27-4)9-11-24)16-12-17(14(2)25)22-13-18(16)23-20(15)26/h12-14,25H,5,8-11H2,1-4H3,(H,23,26). The molecule has 0 aromatic carbocycles. The van der Waals surface area contributed by atoms with E-state index < -0.39 is 6.10 Å². The minimum atomic E-state index is -0.683. The van der Waals surface area contributed by atoms with Crippen LogP contribution in [-0.4, -0.2) is 40.9 Å². The van der Waals surface area contributed by atoms with Crippen molar-refractivity contribution in [3.05, 3.63) is 33.9 Å². The molecule has 0 amide bonds. The van der Waals surface area contributed by atoms with Crippen LogP contribution in [0.2, 0.25) is 0 Å². The molecule has 6 heteroatoms. The van der Waals surface area contributed by atoms with Crippen molar-refractivity contribution in [2.75, 3.05) is 25.1 Å². The van der Waals surface area contributed by atoms with Crippen molar-refractivity contribution in [3.8, 4) is 11.8 Å². The molecule has 2 N–H and O–H groups in total. The van der Waals surface area contributed by atoms with Crippen molar-refractivity contribution in [1.82, 2.24) is 9.97 Å². The van der Waals surface area contributed by atoms with Crippen molar-refractivity contribution < 1.29 is 9.84 Å². The number of H-pyrrole nitrogens is 1. The van der Waals surface area contributed by atoms with E-state index in [0.29, 0.717) is 23.2 Å². The molecule has 0 bridgehead atoms. The van der Waals surface area contributed by atoms with E-state index in [1.165, 1.54) is 0 Å². The fourth-order valence-corrected chi connectivity index (χ4v) is 3.45. The number of fused-ring (bicyclic) bond motifs is 1. The van der Waals surface area contributed by atoms with Gasteiger partial charge in [0.05, 0.1) is 34.8 Å². The molecular weight excluding hydrogens is 342 g/mol. The van der Waals surface area contributed by atoms with Crippen LogP contribution in [0.4, 0.5) is 5.69 Å². The second-order valence-electron chi connectivity index (χ2n) is 7.30. The minimum Gasteiger partial charge on any atom is -0.387 e. The van der Waals surface area contributed by atoms with Crippen LogP contribution in [0.3, 0.4) is 0 Å². The number of rotatable bonds is 3. The van der Waals surface area contributed by atoms with Gasteiger partial charge >= 0.3 is 0 Å². The molecule has 6 nitrogen and oxygen atoms in total. The van der Waals surface area contributed by atoms with Gasteiger partial charge in [-0.2, -0.15) is 0 Å². The molecule has 0 radical (unpaired) electrons. The van der Waals surface area contributed by atoms with Crippen molar-refractivity contribution in [1.29, 1.82) is 0 Å². The van der Waals surface area contributed by atoms with Gasteiger partial charge in [0, 0.05) is 32.0 Å². The first-order valence-electron chi connectivity index (χ1n) is 9.41. The van der Waals surface area contributed by atoms with Crippen LogP contribution in [0.1, 0.15) is 57.4 Å². The summed E-state index contributed by atoms with van der Waals surface area (Å²) >= 11 is 0. The van der Waals surface area contributed by atoms with Gasteiger partial charge in [-0.3, -0.25) is 9.78 Å². The number of aromatic amines is 1. The predicted molar refractivity (Wildman–Crippen MR) is 107 cm³/mol. The lowest BCUT2D eigenvalue weighted by molar-refractivity contribution is -0.0132.